The summed E-state index contributed by atoms with van der Waals surface area (Å²) in [5, 5.41) is 0.551. The van der Waals surface area contributed by atoms with Gasteiger partial charge in [-0.05, 0) is 25.2 Å². The van der Waals surface area contributed by atoms with Crippen molar-refractivity contribution in [1.29, 1.82) is 0 Å². The number of rotatable bonds is 5. The Balaban J connectivity index is 2.26. The fraction of sp³-hybridized carbons (Fsp3) is 0.750. The molecule has 1 saturated carbocycles. The zero-order valence-electron chi connectivity index (χ0n) is 13.3. The minimum absolute atomic E-state index is 0.0765. The first kappa shape index (κ1) is 15.6. The standard InChI is InChI=1S/C16H26ClN3/c1-11(2)8-9-20(12-6-7-12)14-10-13(17)18-15(19-14)16(3,4)5/h10-12H,6-9H2,1-5H3. The summed E-state index contributed by atoms with van der Waals surface area (Å²) in [5.41, 5.74) is -0.0765. The van der Waals surface area contributed by atoms with Crippen LogP contribution in [0, 0.1) is 5.92 Å². The van der Waals surface area contributed by atoms with Gasteiger partial charge in [-0.2, -0.15) is 0 Å². The maximum atomic E-state index is 6.21. The molecule has 0 amide bonds. The van der Waals surface area contributed by atoms with Crippen molar-refractivity contribution in [2.45, 2.75) is 65.3 Å². The largest absolute Gasteiger partial charge is 0.353 e. The van der Waals surface area contributed by atoms with E-state index in [2.05, 4.69) is 44.5 Å². The summed E-state index contributed by atoms with van der Waals surface area (Å²) in [4.78, 5) is 11.6. The molecule has 1 aliphatic carbocycles. The Bertz CT molecular complexity index is 461. The topological polar surface area (TPSA) is 29.0 Å². The van der Waals surface area contributed by atoms with Gasteiger partial charge in [-0.15, -0.1) is 0 Å². The predicted octanol–water partition coefficient (Wildman–Crippen LogP) is 4.44. The highest BCUT2D eigenvalue weighted by atomic mass is 35.5. The molecule has 1 fully saturated rings. The minimum atomic E-state index is -0.0765. The lowest BCUT2D eigenvalue weighted by Gasteiger charge is -2.26. The molecule has 0 radical (unpaired) electrons. The average molecular weight is 296 g/mol. The lowest BCUT2D eigenvalue weighted by Crippen LogP contribution is -2.30. The Morgan fingerprint density at radius 2 is 1.95 bits per heavy atom. The smallest absolute Gasteiger partial charge is 0.137 e. The molecule has 1 aromatic heterocycles. The SMILES string of the molecule is CC(C)CCN(c1cc(Cl)nc(C(C)(C)C)n1)C1CC1. The highest BCUT2D eigenvalue weighted by molar-refractivity contribution is 6.29. The Morgan fingerprint density at radius 3 is 2.45 bits per heavy atom. The number of hydrogen-bond acceptors (Lipinski definition) is 3. The van der Waals surface area contributed by atoms with Crippen LogP contribution in [0.25, 0.3) is 0 Å². The average Bonchev–Trinajstić information content (AvgIpc) is 3.11. The third-order valence-corrected chi connectivity index (χ3v) is 3.78. The van der Waals surface area contributed by atoms with Crippen LogP contribution in [0.4, 0.5) is 5.82 Å². The summed E-state index contributed by atoms with van der Waals surface area (Å²) in [5.74, 6) is 2.53. The van der Waals surface area contributed by atoms with Gasteiger partial charge in [0.15, 0.2) is 0 Å². The van der Waals surface area contributed by atoms with Crippen LogP contribution >= 0.6 is 11.6 Å². The van der Waals surface area contributed by atoms with Crippen LogP contribution in [0.2, 0.25) is 5.15 Å². The number of nitrogens with zero attached hydrogens (tertiary/aromatic N) is 3. The summed E-state index contributed by atoms with van der Waals surface area (Å²) >= 11 is 6.21. The quantitative estimate of drug-likeness (QED) is 0.752. The Morgan fingerprint density at radius 1 is 1.30 bits per heavy atom. The molecule has 3 nitrogen and oxygen atoms in total. The second-order valence-corrected chi connectivity index (χ2v) is 7.62. The number of anilines is 1. The molecule has 0 spiro atoms. The van der Waals surface area contributed by atoms with Crippen molar-refractivity contribution in [2.75, 3.05) is 11.4 Å². The summed E-state index contributed by atoms with van der Waals surface area (Å²) in [6.45, 7) is 11.9. The monoisotopic (exact) mass is 295 g/mol. The fourth-order valence-electron chi connectivity index (χ4n) is 2.16. The second-order valence-electron chi connectivity index (χ2n) is 7.23. The first-order chi connectivity index (χ1) is 9.27. The fourth-order valence-corrected chi connectivity index (χ4v) is 2.33. The van der Waals surface area contributed by atoms with Crippen LogP contribution in [-0.2, 0) is 5.41 Å². The van der Waals surface area contributed by atoms with E-state index >= 15 is 0 Å². The van der Waals surface area contributed by atoms with Crippen LogP contribution in [0.3, 0.4) is 0 Å². The Labute approximate surface area is 127 Å². The molecular formula is C16H26ClN3. The van der Waals surface area contributed by atoms with E-state index < -0.39 is 0 Å². The zero-order chi connectivity index (χ0) is 14.9. The molecule has 0 atom stereocenters. The van der Waals surface area contributed by atoms with Crippen molar-refractivity contribution in [3.8, 4) is 0 Å². The van der Waals surface area contributed by atoms with Crippen LogP contribution in [-0.4, -0.2) is 22.6 Å². The third kappa shape index (κ3) is 4.08. The van der Waals surface area contributed by atoms with E-state index in [4.69, 9.17) is 16.6 Å². The molecule has 1 aromatic rings. The van der Waals surface area contributed by atoms with Gasteiger partial charge in [-0.3, -0.25) is 0 Å². The molecular weight excluding hydrogens is 270 g/mol. The zero-order valence-corrected chi connectivity index (χ0v) is 14.0. The molecule has 2 rings (SSSR count). The van der Waals surface area contributed by atoms with E-state index in [-0.39, 0.29) is 5.41 Å². The van der Waals surface area contributed by atoms with E-state index in [0.717, 1.165) is 18.2 Å². The maximum Gasteiger partial charge on any atom is 0.137 e. The summed E-state index contributed by atoms with van der Waals surface area (Å²) in [6, 6.07) is 2.56. The molecule has 0 bridgehead atoms. The minimum Gasteiger partial charge on any atom is -0.353 e. The molecule has 0 aromatic carbocycles. The van der Waals surface area contributed by atoms with Crippen LogP contribution < -0.4 is 4.90 Å². The second kappa shape index (κ2) is 5.88. The van der Waals surface area contributed by atoms with Gasteiger partial charge >= 0.3 is 0 Å². The highest BCUT2D eigenvalue weighted by Crippen LogP contribution is 2.33. The van der Waals surface area contributed by atoms with Crippen molar-refractivity contribution >= 4 is 17.4 Å². The molecule has 0 aliphatic heterocycles. The lowest BCUT2D eigenvalue weighted by atomic mass is 9.96. The Kier molecular flexibility index (Phi) is 4.58. The molecule has 0 unspecified atom stereocenters. The lowest BCUT2D eigenvalue weighted by molar-refractivity contribution is 0.538. The van der Waals surface area contributed by atoms with E-state index in [0.29, 0.717) is 17.1 Å². The van der Waals surface area contributed by atoms with Gasteiger partial charge in [-0.1, -0.05) is 46.2 Å². The number of aromatic nitrogens is 2. The van der Waals surface area contributed by atoms with Crippen molar-refractivity contribution < 1.29 is 0 Å². The third-order valence-electron chi connectivity index (χ3n) is 3.58. The molecule has 1 heterocycles. The van der Waals surface area contributed by atoms with Crippen molar-refractivity contribution in [1.82, 2.24) is 9.97 Å². The van der Waals surface area contributed by atoms with E-state index in [9.17, 15) is 0 Å². The Hall–Kier alpha value is -0.830. The van der Waals surface area contributed by atoms with E-state index in [1.165, 1.54) is 19.3 Å². The van der Waals surface area contributed by atoms with Gasteiger partial charge in [-0.25, -0.2) is 9.97 Å². The number of hydrogen-bond donors (Lipinski definition) is 0. The van der Waals surface area contributed by atoms with Crippen molar-refractivity contribution in [3.05, 3.63) is 17.0 Å². The van der Waals surface area contributed by atoms with E-state index in [1.807, 2.05) is 6.07 Å². The highest BCUT2D eigenvalue weighted by Gasteiger charge is 2.31. The molecule has 0 saturated heterocycles. The van der Waals surface area contributed by atoms with Crippen LogP contribution in [0.1, 0.15) is 59.7 Å². The van der Waals surface area contributed by atoms with Gasteiger partial charge in [0.1, 0.15) is 16.8 Å². The molecule has 4 heteroatoms. The molecule has 112 valence electrons. The van der Waals surface area contributed by atoms with Gasteiger partial charge < -0.3 is 4.90 Å². The molecule has 0 N–H and O–H groups in total. The predicted molar refractivity (Wildman–Crippen MR) is 85.6 cm³/mol. The first-order valence-corrected chi connectivity index (χ1v) is 7.97. The van der Waals surface area contributed by atoms with Crippen LogP contribution in [0.15, 0.2) is 6.07 Å². The van der Waals surface area contributed by atoms with Crippen molar-refractivity contribution in [3.63, 3.8) is 0 Å². The van der Waals surface area contributed by atoms with Crippen LogP contribution in [0.5, 0.6) is 0 Å². The normalized spacial score (nSPS) is 15.8. The van der Waals surface area contributed by atoms with Gasteiger partial charge in [0.2, 0.25) is 0 Å². The summed E-state index contributed by atoms with van der Waals surface area (Å²) in [6.07, 6.45) is 3.72. The maximum absolute atomic E-state index is 6.21. The van der Waals surface area contributed by atoms with Crippen molar-refractivity contribution in [2.24, 2.45) is 5.92 Å². The summed E-state index contributed by atoms with van der Waals surface area (Å²) < 4.78 is 0. The number of halogens is 1. The summed E-state index contributed by atoms with van der Waals surface area (Å²) in [7, 11) is 0. The van der Waals surface area contributed by atoms with Gasteiger partial charge in [0.05, 0.1) is 0 Å². The van der Waals surface area contributed by atoms with Gasteiger partial charge in [0, 0.05) is 24.1 Å². The molecule has 1 aliphatic rings. The molecule has 20 heavy (non-hydrogen) atoms. The van der Waals surface area contributed by atoms with Gasteiger partial charge in [0.25, 0.3) is 0 Å². The first-order valence-electron chi connectivity index (χ1n) is 7.59. The van der Waals surface area contributed by atoms with E-state index in [1.54, 1.807) is 0 Å².